The SMILES string of the molecule is C=C(C)CSc1nnc2cc(C)c3ccc(OC)cc3n12. The number of hydrogen-bond donors (Lipinski definition) is 0. The predicted octanol–water partition coefficient (Wildman–Crippen LogP) is 3.87. The molecule has 21 heavy (non-hydrogen) atoms. The molecule has 0 N–H and O–H groups in total. The Hall–Kier alpha value is -2.01. The van der Waals surface area contributed by atoms with E-state index < -0.39 is 0 Å². The highest BCUT2D eigenvalue weighted by Crippen LogP contribution is 2.28. The molecule has 0 saturated carbocycles. The zero-order valence-corrected chi connectivity index (χ0v) is 13.2. The van der Waals surface area contributed by atoms with E-state index in [0.29, 0.717) is 0 Å². The summed E-state index contributed by atoms with van der Waals surface area (Å²) in [4.78, 5) is 0. The molecule has 0 aliphatic rings. The van der Waals surface area contributed by atoms with E-state index >= 15 is 0 Å². The Balaban J connectivity index is 2.27. The quantitative estimate of drug-likeness (QED) is 0.541. The lowest BCUT2D eigenvalue weighted by atomic mass is 10.1. The number of aryl methyl sites for hydroxylation is 1. The van der Waals surface area contributed by atoms with E-state index in [-0.39, 0.29) is 0 Å². The number of thioether (sulfide) groups is 1. The molecular formula is C16H17N3OS. The second-order valence-electron chi connectivity index (χ2n) is 5.13. The second-order valence-corrected chi connectivity index (χ2v) is 6.07. The first kappa shape index (κ1) is 13.9. The molecule has 0 amide bonds. The summed E-state index contributed by atoms with van der Waals surface area (Å²) in [5.41, 5.74) is 4.23. The Morgan fingerprint density at radius 2 is 2.14 bits per heavy atom. The third-order valence-electron chi connectivity index (χ3n) is 3.32. The first-order valence-electron chi connectivity index (χ1n) is 6.70. The van der Waals surface area contributed by atoms with E-state index in [0.717, 1.165) is 33.4 Å². The van der Waals surface area contributed by atoms with Crippen molar-refractivity contribution >= 4 is 28.3 Å². The van der Waals surface area contributed by atoms with Crippen molar-refractivity contribution in [1.82, 2.24) is 14.6 Å². The molecule has 108 valence electrons. The Kier molecular flexibility index (Phi) is 3.59. The van der Waals surface area contributed by atoms with Crippen LogP contribution in [0.2, 0.25) is 0 Å². The monoisotopic (exact) mass is 299 g/mol. The van der Waals surface area contributed by atoms with Crippen molar-refractivity contribution in [3.05, 3.63) is 42.0 Å². The van der Waals surface area contributed by atoms with E-state index in [1.807, 2.05) is 19.1 Å². The molecule has 0 aliphatic heterocycles. The van der Waals surface area contributed by atoms with Crippen molar-refractivity contribution in [2.45, 2.75) is 19.0 Å². The van der Waals surface area contributed by atoms with Crippen LogP contribution in [0.15, 0.2) is 41.6 Å². The van der Waals surface area contributed by atoms with Gasteiger partial charge in [-0.15, -0.1) is 10.2 Å². The van der Waals surface area contributed by atoms with E-state index in [4.69, 9.17) is 4.74 Å². The minimum Gasteiger partial charge on any atom is -0.497 e. The number of nitrogens with zero attached hydrogens (tertiary/aromatic N) is 3. The van der Waals surface area contributed by atoms with Gasteiger partial charge in [0.1, 0.15) is 5.75 Å². The lowest BCUT2D eigenvalue weighted by molar-refractivity contribution is 0.415. The van der Waals surface area contributed by atoms with Crippen molar-refractivity contribution < 1.29 is 4.74 Å². The number of hydrogen-bond acceptors (Lipinski definition) is 4. The predicted molar refractivity (Wildman–Crippen MR) is 87.3 cm³/mol. The number of aromatic nitrogens is 3. The van der Waals surface area contributed by atoms with E-state index in [2.05, 4.69) is 40.2 Å². The molecule has 3 rings (SSSR count). The van der Waals surface area contributed by atoms with Gasteiger partial charge in [0.05, 0.1) is 12.6 Å². The molecule has 5 heteroatoms. The van der Waals surface area contributed by atoms with E-state index in [9.17, 15) is 0 Å². The summed E-state index contributed by atoms with van der Waals surface area (Å²) in [5.74, 6) is 1.67. The molecule has 3 aromatic rings. The summed E-state index contributed by atoms with van der Waals surface area (Å²) in [5, 5.41) is 10.7. The zero-order valence-electron chi connectivity index (χ0n) is 12.4. The molecule has 0 fully saturated rings. The molecule has 0 saturated heterocycles. The molecule has 2 aromatic heterocycles. The fraction of sp³-hybridized carbons (Fsp3) is 0.250. The number of benzene rings is 1. The van der Waals surface area contributed by atoms with Gasteiger partial charge in [-0.1, -0.05) is 23.9 Å². The number of fused-ring (bicyclic) bond motifs is 3. The van der Waals surface area contributed by atoms with Gasteiger partial charge in [0.25, 0.3) is 0 Å². The van der Waals surface area contributed by atoms with Crippen molar-refractivity contribution in [2.75, 3.05) is 12.9 Å². The van der Waals surface area contributed by atoms with Gasteiger partial charge < -0.3 is 4.74 Å². The lowest BCUT2D eigenvalue weighted by Crippen LogP contribution is -1.95. The van der Waals surface area contributed by atoms with Gasteiger partial charge in [-0.05, 0) is 37.6 Å². The highest BCUT2D eigenvalue weighted by atomic mass is 32.2. The van der Waals surface area contributed by atoms with Gasteiger partial charge in [-0.2, -0.15) is 0 Å². The van der Waals surface area contributed by atoms with Crippen LogP contribution in [-0.2, 0) is 0 Å². The van der Waals surface area contributed by atoms with Crippen LogP contribution in [-0.4, -0.2) is 27.5 Å². The van der Waals surface area contributed by atoms with Crippen molar-refractivity contribution in [3.63, 3.8) is 0 Å². The fourth-order valence-electron chi connectivity index (χ4n) is 2.31. The summed E-state index contributed by atoms with van der Waals surface area (Å²) in [6.07, 6.45) is 0. The van der Waals surface area contributed by atoms with Crippen molar-refractivity contribution in [3.8, 4) is 5.75 Å². The van der Waals surface area contributed by atoms with Crippen LogP contribution in [0.1, 0.15) is 12.5 Å². The first-order chi connectivity index (χ1) is 10.1. The van der Waals surface area contributed by atoms with Crippen molar-refractivity contribution in [1.29, 1.82) is 0 Å². The molecule has 0 unspecified atom stereocenters. The zero-order chi connectivity index (χ0) is 15.0. The molecular weight excluding hydrogens is 282 g/mol. The normalized spacial score (nSPS) is 11.2. The summed E-state index contributed by atoms with van der Waals surface area (Å²) in [7, 11) is 1.68. The van der Waals surface area contributed by atoms with E-state index in [1.165, 1.54) is 10.9 Å². The van der Waals surface area contributed by atoms with Gasteiger partial charge in [-0.3, -0.25) is 4.40 Å². The largest absolute Gasteiger partial charge is 0.497 e. The molecule has 2 heterocycles. The molecule has 0 bridgehead atoms. The molecule has 0 radical (unpaired) electrons. The second kappa shape index (κ2) is 5.41. The standard InChI is InChI=1S/C16H17N3OS/c1-10(2)9-21-16-18-17-15-7-11(3)13-6-5-12(20-4)8-14(13)19(15)16/h5-8H,1,9H2,2-4H3. The number of rotatable bonds is 4. The summed E-state index contributed by atoms with van der Waals surface area (Å²) >= 11 is 1.65. The first-order valence-corrected chi connectivity index (χ1v) is 7.68. The van der Waals surface area contributed by atoms with Gasteiger partial charge >= 0.3 is 0 Å². The van der Waals surface area contributed by atoms with Crippen LogP contribution in [0.4, 0.5) is 0 Å². The molecule has 0 atom stereocenters. The molecule has 4 nitrogen and oxygen atoms in total. The average Bonchev–Trinajstić information content (AvgIpc) is 2.87. The van der Waals surface area contributed by atoms with Crippen LogP contribution in [0, 0.1) is 6.92 Å². The maximum absolute atomic E-state index is 5.35. The third-order valence-corrected chi connectivity index (χ3v) is 4.48. The van der Waals surface area contributed by atoms with Gasteiger partial charge in [0.15, 0.2) is 10.8 Å². The van der Waals surface area contributed by atoms with Crippen LogP contribution in [0.3, 0.4) is 0 Å². The number of ether oxygens (including phenoxy) is 1. The van der Waals surface area contributed by atoms with Crippen LogP contribution >= 0.6 is 11.8 Å². The molecule has 1 aromatic carbocycles. The van der Waals surface area contributed by atoms with Gasteiger partial charge in [0.2, 0.25) is 0 Å². The Labute approximate surface area is 127 Å². The average molecular weight is 299 g/mol. The Morgan fingerprint density at radius 3 is 2.86 bits per heavy atom. The maximum atomic E-state index is 5.35. The minimum absolute atomic E-state index is 0.832. The smallest absolute Gasteiger partial charge is 0.196 e. The van der Waals surface area contributed by atoms with Crippen LogP contribution in [0.5, 0.6) is 5.75 Å². The number of pyridine rings is 1. The highest BCUT2D eigenvalue weighted by molar-refractivity contribution is 7.99. The van der Waals surface area contributed by atoms with Crippen molar-refractivity contribution in [2.24, 2.45) is 0 Å². The number of methoxy groups -OCH3 is 1. The fourth-order valence-corrected chi connectivity index (χ4v) is 3.11. The highest BCUT2D eigenvalue weighted by Gasteiger charge is 2.12. The van der Waals surface area contributed by atoms with E-state index in [1.54, 1.807) is 18.9 Å². The molecule has 0 aliphatic carbocycles. The summed E-state index contributed by atoms with van der Waals surface area (Å²) in [6.45, 7) is 8.04. The maximum Gasteiger partial charge on any atom is 0.196 e. The summed E-state index contributed by atoms with van der Waals surface area (Å²) in [6, 6.07) is 8.15. The third kappa shape index (κ3) is 2.49. The Bertz CT molecular complexity index is 838. The topological polar surface area (TPSA) is 39.4 Å². The van der Waals surface area contributed by atoms with Gasteiger partial charge in [0, 0.05) is 17.2 Å². The Morgan fingerprint density at radius 1 is 1.33 bits per heavy atom. The lowest BCUT2D eigenvalue weighted by Gasteiger charge is -2.09. The minimum atomic E-state index is 0.832. The van der Waals surface area contributed by atoms with Gasteiger partial charge in [-0.25, -0.2) is 0 Å². The van der Waals surface area contributed by atoms with Crippen LogP contribution in [0.25, 0.3) is 16.6 Å². The van der Waals surface area contributed by atoms with Crippen LogP contribution < -0.4 is 4.74 Å². The molecule has 0 spiro atoms. The summed E-state index contributed by atoms with van der Waals surface area (Å²) < 4.78 is 7.43.